The number of hydrogen-bond donors (Lipinski definition) is 0. The molecule has 0 N–H and O–H groups in total. The van der Waals surface area contributed by atoms with Gasteiger partial charge in [0.25, 0.3) is 0 Å². The zero-order chi connectivity index (χ0) is 23.2. The minimum Gasteiger partial charge on any atom is -0.456 e. The van der Waals surface area contributed by atoms with Gasteiger partial charge in [-0.15, -0.1) is 0 Å². The van der Waals surface area contributed by atoms with Crippen molar-refractivity contribution in [2.24, 2.45) is 0 Å². The number of ketones is 4. The number of Topliss-reactive ketones (excluding diaryl/α,β-unsaturated/α-hetero) is 4. The molecule has 1 atom stereocenters. The van der Waals surface area contributed by atoms with E-state index in [1.54, 1.807) is 6.26 Å². The van der Waals surface area contributed by atoms with Crippen molar-refractivity contribution in [1.82, 2.24) is 0 Å². The number of esters is 1. The van der Waals surface area contributed by atoms with E-state index in [4.69, 9.17) is 4.74 Å². The van der Waals surface area contributed by atoms with E-state index in [9.17, 15) is 24.0 Å². The van der Waals surface area contributed by atoms with E-state index in [1.165, 1.54) is 17.7 Å². The van der Waals surface area contributed by atoms with Gasteiger partial charge in [0.15, 0.2) is 16.8 Å². The summed E-state index contributed by atoms with van der Waals surface area (Å²) < 4.78 is 4.99. The second kappa shape index (κ2) is 15.0. The monoisotopic (exact) mass is 466 g/mol. The molecule has 1 rings (SSSR count). The van der Waals surface area contributed by atoms with Crippen molar-refractivity contribution in [2.45, 2.75) is 64.0 Å². The Kier molecular flexibility index (Phi) is 13.1. The molecule has 1 unspecified atom stereocenters. The van der Waals surface area contributed by atoms with E-state index in [-0.39, 0.29) is 36.2 Å². The Morgan fingerprint density at radius 1 is 0.903 bits per heavy atom. The van der Waals surface area contributed by atoms with Crippen molar-refractivity contribution in [3.8, 4) is 0 Å². The van der Waals surface area contributed by atoms with Crippen molar-refractivity contribution in [3.05, 3.63) is 35.4 Å². The summed E-state index contributed by atoms with van der Waals surface area (Å²) in [5.74, 6) is -0.923. The van der Waals surface area contributed by atoms with E-state index in [2.05, 4.69) is 0 Å². The van der Waals surface area contributed by atoms with E-state index in [1.807, 2.05) is 31.2 Å². The van der Waals surface area contributed by atoms with Gasteiger partial charge in [0.2, 0.25) is 0 Å². The summed E-state index contributed by atoms with van der Waals surface area (Å²) >= 11 is 0. The van der Waals surface area contributed by atoms with Crippen LogP contribution in [0, 0.1) is 0 Å². The predicted octanol–water partition coefficient (Wildman–Crippen LogP) is 3.96. The van der Waals surface area contributed by atoms with Gasteiger partial charge in [-0.2, -0.15) is 0 Å². The fourth-order valence-corrected chi connectivity index (χ4v) is 4.46. The maximum atomic E-state index is 12.1. The molecule has 0 radical (unpaired) electrons. The Morgan fingerprint density at radius 3 is 2.10 bits per heavy atom. The molecule has 0 bridgehead atoms. The van der Waals surface area contributed by atoms with E-state index < -0.39 is 11.2 Å². The van der Waals surface area contributed by atoms with Crippen LogP contribution in [-0.2, 0) is 41.6 Å². The Hall–Kier alpha value is -1.93. The smallest absolute Gasteiger partial charge is 0.328 e. The third-order valence-electron chi connectivity index (χ3n) is 4.57. The number of aryl methyl sites for hydroxylation is 1. The van der Waals surface area contributed by atoms with Crippen LogP contribution in [0.25, 0.3) is 0 Å². The summed E-state index contributed by atoms with van der Waals surface area (Å²) in [5, 5.41) is -0.920. The fraction of sp³-hybridized carbons (Fsp3) is 0.522. The van der Waals surface area contributed by atoms with Crippen LogP contribution in [0.15, 0.2) is 24.3 Å². The molecule has 0 heterocycles. The van der Waals surface area contributed by atoms with Gasteiger partial charge in [0.05, 0.1) is 0 Å². The molecule has 0 aromatic heterocycles. The molecule has 0 saturated heterocycles. The predicted molar refractivity (Wildman–Crippen MR) is 124 cm³/mol. The molecule has 0 amide bonds. The third kappa shape index (κ3) is 11.3. The molecular weight excluding hydrogens is 436 g/mol. The summed E-state index contributed by atoms with van der Waals surface area (Å²) in [5.41, 5.74) is 1.79. The third-order valence-corrected chi connectivity index (χ3v) is 6.64. The Balaban J connectivity index is 2.38. The van der Waals surface area contributed by atoms with E-state index in [0.717, 1.165) is 21.9 Å². The van der Waals surface area contributed by atoms with Crippen LogP contribution in [0.4, 0.5) is 0 Å². The number of carbonyl (C=O) groups is 5. The molecule has 0 spiro atoms. The fourth-order valence-electron chi connectivity index (χ4n) is 2.77. The van der Waals surface area contributed by atoms with Crippen LogP contribution >= 0.6 is 21.6 Å². The van der Waals surface area contributed by atoms with Crippen LogP contribution in [0.3, 0.4) is 0 Å². The highest BCUT2D eigenvalue weighted by atomic mass is 33.1. The first-order chi connectivity index (χ1) is 14.8. The van der Waals surface area contributed by atoms with Gasteiger partial charge in [-0.05, 0) is 37.1 Å². The average Bonchev–Trinajstić information content (AvgIpc) is 2.74. The van der Waals surface area contributed by atoms with Crippen molar-refractivity contribution in [3.63, 3.8) is 0 Å². The van der Waals surface area contributed by atoms with Gasteiger partial charge >= 0.3 is 5.97 Å². The number of rotatable bonds is 16. The molecule has 1 aromatic rings. The summed E-state index contributed by atoms with van der Waals surface area (Å²) in [4.78, 5) is 58.7. The van der Waals surface area contributed by atoms with Crippen molar-refractivity contribution in [2.75, 3.05) is 12.9 Å². The second-order valence-electron chi connectivity index (χ2n) is 7.18. The lowest BCUT2D eigenvalue weighted by atomic mass is 10.0. The minimum absolute atomic E-state index is 0.123. The van der Waals surface area contributed by atoms with E-state index in [0.29, 0.717) is 38.5 Å². The molecule has 8 heteroatoms. The first kappa shape index (κ1) is 27.1. The molecule has 0 aliphatic heterocycles. The molecular formula is C23H30O6S2. The molecule has 0 aliphatic rings. The highest BCUT2D eigenvalue weighted by molar-refractivity contribution is 8.77. The lowest BCUT2D eigenvalue weighted by Crippen LogP contribution is -2.28. The Morgan fingerprint density at radius 2 is 1.52 bits per heavy atom. The molecule has 6 nitrogen and oxygen atoms in total. The first-order valence-corrected chi connectivity index (χ1v) is 12.9. The van der Waals surface area contributed by atoms with Crippen LogP contribution in [-0.4, -0.2) is 47.2 Å². The van der Waals surface area contributed by atoms with Crippen LogP contribution in [0.5, 0.6) is 0 Å². The molecule has 170 valence electrons. The molecule has 31 heavy (non-hydrogen) atoms. The molecule has 0 saturated carbocycles. The van der Waals surface area contributed by atoms with Gasteiger partial charge in [0, 0.05) is 32.1 Å². The lowest BCUT2D eigenvalue weighted by molar-refractivity contribution is -0.148. The topological polar surface area (TPSA) is 94.6 Å². The summed E-state index contributed by atoms with van der Waals surface area (Å²) in [7, 11) is 2.40. The van der Waals surface area contributed by atoms with E-state index >= 15 is 0 Å². The van der Waals surface area contributed by atoms with Gasteiger partial charge < -0.3 is 4.74 Å². The highest BCUT2D eigenvalue weighted by Crippen LogP contribution is 2.25. The lowest BCUT2D eigenvalue weighted by Gasteiger charge is -2.11. The Bertz CT molecular complexity index is 773. The summed E-state index contributed by atoms with van der Waals surface area (Å²) in [6.07, 6.45) is 4.95. The number of carbonyl (C=O) groups excluding carboxylic acids is 5. The number of benzene rings is 1. The zero-order valence-electron chi connectivity index (χ0n) is 18.3. The quantitative estimate of drug-likeness (QED) is 0.205. The second-order valence-corrected chi connectivity index (χ2v) is 9.75. The minimum atomic E-state index is -0.920. The maximum Gasteiger partial charge on any atom is 0.328 e. The van der Waals surface area contributed by atoms with Crippen molar-refractivity contribution in [1.29, 1.82) is 0 Å². The van der Waals surface area contributed by atoms with Crippen LogP contribution in [0.1, 0.15) is 57.1 Å². The van der Waals surface area contributed by atoms with Gasteiger partial charge in [-0.25, -0.2) is 0 Å². The normalized spacial score (nSPS) is 11.6. The van der Waals surface area contributed by atoms with Crippen LogP contribution < -0.4 is 0 Å². The van der Waals surface area contributed by atoms with Crippen molar-refractivity contribution < 1.29 is 28.7 Å². The highest BCUT2D eigenvalue weighted by Gasteiger charge is 2.26. The number of hydrogen-bond acceptors (Lipinski definition) is 8. The van der Waals surface area contributed by atoms with Gasteiger partial charge in [-0.1, -0.05) is 52.8 Å². The molecule has 0 fully saturated rings. The molecule has 1 aromatic carbocycles. The largest absolute Gasteiger partial charge is 0.456 e. The standard InChI is InChI=1S/C23H30O6S2/c1-4-19(25)6-5-7-20(26)13-12-17-8-10-18(11-9-17)14-21(27)15-29-23(28)22(16(2)24)31-30-3/h8-11,22H,4-7,12-15H2,1-3H3. The number of ether oxygens (including phenoxy) is 1. The molecule has 0 aliphatic carbocycles. The average molecular weight is 467 g/mol. The summed E-state index contributed by atoms with van der Waals surface area (Å²) in [6, 6.07) is 7.40. The van der Waals surface area contributed by atoms with Gasteiger partial charge in [-0.3, -0.25) is 24.0 Å². The Labute approximate surface area is 191 Å². The SMILES string of the molecule is CCC(=O)CCCC(=O)CCc1ccc(CC(=O)COC(=O)C(SSC)C(C)=O)cc1. The maximum absolute atomic E-state index is 12.1. The van der Waals surface area contributed by atoms with Crippen LogP contribution in [0.2, 0.25) is 0 Å². The van der Waals surface area contributed by atoms with Gasteiger partial charge in [0.1, 0.15) is 18.2 Å². The first-order valence-electron chi connectivity index (χ1n) is 10.3. The zero-order valence-corrected chi connectivity index (χ0v) is 19.9. The van der Waals surface area contributed by atoms with Crippen molar-refractivity contribution >= 4 is 50.7 Å². The summed E-state index contributed by atoms with van der Waals surface area (Å²) in [6.45, 7) is 2.78.